The summed E-state index contributed by atoms with van der Waals surface area (Å²) in [4.78, 5) is 31.1. The molecule has 2 aromatic carbocycles. The second kappa shape index (κ2) is 5.45. The molecule has 0 N–H and O–H groups in total. The zero-order chi connectivity index (χ0) is 16.7. The van der Waals surface area contributed by atoms with Gasteiger partial charge in [0.25, 0.3) is 5.69 Å². The van der Waals surface area contributed by atoms with Crippen LogP contribution in [-0.2, 0) is 6.54 Å². The summed E-state index contributed by atoms with van der Waals surface area (Å²) in [5, 5.41) is 11.1. The highest BCUT2D eigenvalue weighted by Gasteiger charge is 2.38. The molecule has 2 heterocycles. The summed E-state index contributed by atoms with van der Waals surface area (Å²) in [6.07, 6.45) is 0. The topological polar surface area (TPSA) is 79.0 Å². The molecule has 2 aromatic rings. The molecule has 0 saturated heterocycles. The number of urea groups is 1. The van der Waals surface area contributed by atoms with Crippen LogP contribution in [0.3, 0.4) is 0 Å². The molecule has 2 aliphatic heterocycles. The summed E-state index contributed by atoms with van der Waals surface area (Å²) in [5.41, 5.74) is 2.29. The van der Waals surface area contributed by atoms with Gasteiger partial charge in [-0.05, 0) is 11.6 Å². The number of rotatable bonds is 3. The van der Waals surface area contributed by atoms with E-state index in [1.165, 1.54) is 12.1 Å². The van der Waals surface area contributed by atoms with Crippen molar-refractivity contribution in [2.24, 2.45) is 4.99 Å². The van der Waals surface area contributed by atoms with Gasteiger partial charge in [0.1, 0.15) is 5.84 Å². The minimum absolute atomic E-state index is 0.00249. The van der Waals surface area contributed by atoms with Gasteiger partial charge in [-0.15, -0.1) is 0 Å². The highest BCUT2D eigenvalue weighted by atomic mass is 16.6. The van der Waals surface area contributed by atoms with Gasteiger partial charge in [0.05, 0.1) is 23.7 Å². The maximum Gasteiger partial charge on any atom is 0.330 e. The highest BCUT2D eigenvalue weighted by molar-refractivity contribution is 6.20. The smallest absolute Gasteiger partial charge is 0.289 e. The number of hydrogen-bond donors (Lipinski definition) is 0. The van der Waals surface area contributed by atoms with Gasteiger partial charge < -0.3 is 0 Å². The van der Waals surface area contributed by atoms with Crippen LogP contribution in [0.4, 0.5) is 16.2 Å². The molecule has 7 nitrogen and oxygen atoms in total. The number of hydrogen-bond acceptors (Lipinski definition) is 4. The molecule has 0 spiro atoms. The SMILES string of the molecule is O=C1N2CCN=C2c2cc([N+](=O)[O-])ccc2N1Cc1ccccc1. The molecule has 0 unspecified atom stereocenters. The van der Waals surface area contributed by atoms with Crippen LogP contribution in [0.15, 0.2) is 53.5 Å². The van der Waals surface area contributed by atoms with E-state index in [1.54, 1.807) is 15.9 Å². The predicted octanol–water partition coefficient (Wildman–Crippen LogP) is 2.80. The Morgan fingerprint density at radius 2 is 1.96 bits per heavy atom. The molecule has 0 bridgehead atoms. The van der Waals surface area contributed by atoms with E-state index in [9.17, 15) is 14.9 Å². The average Bonchev–Trinajstić information content (AvgIpc) is 3.09. The second-order valence-electron chi connectivity index (χ2n) is 5.67. The van der Waals surface area contributed by atoms with Gasteiger partial charge in [0, 0.05) is 24.2 Å². The Morgan fingerprint density at radius 1 is 1.17 bits per heavy atom. The Kier molecular flexibility index (Phi) is 3.26. The lowest BCUT2D eigenvalue weighted by Gasteiger charge is -2.35. The third-order valence-electron chi connectivity index (χ3n) is 4.21. The number of anilines is 1. The molecule has 2 amide bonds. The average molecular weight is 322 g/mol. The fourth-order valence-corrected chi connectivity index (χ4v) is 3.08. The number of amidine groups is 1. The normalized spacial score (nSPS) is 15.8. The van der Waals surface area contributed by atoms with E-state index in [2.05, 4.69) is 4.99 Å². The van der Waals surface area contributed by atoms with Gasteiger partial charge in [0.2, 0.25) is 0 Å². The van der Waals surface area contributed by atoms with Crippen LogP contribution < -0.4 is 4.90 Å². The molecule has 7 heteroatoms. The van der Waals surface area contributed by atoms with E-state index in [0.717, 1.165) is 5.56 Å². The molecule has 0 saturated carbocycles. The molecular formula is C17H14N4O3. The first-order valence-electron chi connectivity index (χ1n) is 7.61. The monoisotopic (exact) mass is 322 g/mol. The van der Waals surface area contributed by atoms with Gasteiger partial charge in [-0.2, -0.15) is 0 Å². The molecule has 2 aliphatic rings. The molecule has 0 atom stereocenters. The van der Waals surface area contributed by atoms with E-state index < -0.39 is 4.92 Å². The van der Waals surface area contributed by atoms with E-state index >= 15 is 0 Å². The summed E-state index contributed by atoms with van der Waals surface area (Å²) < 4.78 is 0. The van der Waals surface area contributed by atoms with Crippen molar-refractivity contribution in [1.29, 1.82) is 0 Å². The predicted molar refractivity (Wildman–Crippen MR) is 89.2 cm³/mol. The minimum Gasteiger partial charge on any atom is -0.289 e. The summed E-state index contributed by atoms with van der Waals surface area (Å²) in [6.45, 7) is 1.43. The van der Waals surface area contributed by atoms with Crippen LogP contribution in [0.1, 0.15) is 11.1 Å². The molecule has 0 aliphatic carbocycles. The maximum absolute atomic E-state index is 12.8. The Bertz CT molecular complexity index is 863. The van der Waals surface area contributed by atoms with Crippen molar-refractivity contribution >= 4 is 23.2 Å². The number of carbonyl (C=O) groups excluding carboxylic acids is 1. The zero-order valence-electron chi connectivity index (χ0n) is 12.8. The number of carbonyl (C=O) groups is 1. The quantitative estimate of drug-likeness (QED) is 0.644. The first kappa shape index (κ1) is 14.4. The van der Waals surface area contributed by atoms with E-state index in [1.807, 2.05) is 30.3 Å². The number of benzene rings is 2. The van der Waals surface area contributed by atoms with Crippen molar-refractivity contribution in [1.82, 2.24) is 4.90 Å². The first-order valence-corrected chi connectivity index (χ1v) is 7.61. The van der Waals surface area contributed by atoms with Crippen molar-refractivity contribution in [3.8, 4) is 0 Å². The fraction of sp³-hybridized carbons (Fsp3) is 0.176. The molecule has 0 fully saturated rings. The highest BCUT2D eigenvalue weighted by Crippen LogP contribution is 2.34. The number of non-ortho nitro benzene ring substituents is 1. The van der Waals surface area contributed by atoms with Gasteiger partial charge in [0.15, 0.2) is 0 Å². The third kappa shape index (κ3) is 2.21. The Balaban J connectivity index is 1.81. The molecule has 0 radical (unpaired) electrons. The molecule has 120 valence electrons. The number of fused-ring (bicyclic) bond motifs is 3. The Labute approximate surface area is 138 Å². The fourth-order valence-electron chi connectivity index (χ4n) is 3.08. The second-order valence-corrected chi connectivity index (χ2v) is 5.67. The van der Waals surface area contributed by atoms with Gasteiger partial charge in [-0.3, -0.25) is 24.9 Å². The lowest BCUT2D eigenvalue weighted by Crippen LogP contribution is -2.49. The van der Waals surface area contributed by atoms with E-state index in [0.29, 0.717) is 36.7 Å². The van der Waals surface area contributed by atoms with E-state index in [-0.39, 0.29) is 11.7 Å². The van der Waals surface area contributed by atoms with Crippen LogP contribution in [0, 0.1) is 10.1 Å². The maximum atomic E-state index is 12.8. The van der Waals surface area contributed by atoms with Crippen LogP contribution in [0.25, 0.3) is 0 Å². The Morgan fingerprint density at radius 3 is 2.71 bits per heavy atom. The number of nitro benzene ring substituents is 1. The number of aliphatic imine (C=N–C) groups is 1. The lowest BCUT2D eigenvalue weighted by molar-refractivity contribution is -0.384. The van der Waals surface area contributed by atoms with Crippen molar-refractivity contribution in [2.75, 3.05) is 18.0 Å². The summed E-state index contributed by atoms with van der Waals surface area (Å²) in [7, 11) is 0. The van der Waals surface area contributed by atoms with Gasteiger partial charge >= 0.3 is 6.03 Å². The molecule has 24 heavy (non-hydrogen) atoms. The van der Waals surface area contributed by atoms with E-state index in [4.69, 9.17) is 0 Å². The van der Waals surface area contributed by atoms with Crippen LogP contribution in [0.5, 0.6) is 0 Å². The summed E-state index contributed by atoms with van der Waals surface area (Å²) in [6, 6.07) is 14.1. The number of nitrogens with zero attached hydrogens (tertiary/aromatic N) is 4. The van der Waals surface area contributed by atoms with Crippen molar-refractivity contribution in [3.05, 3.63) is 69.8 Å². The lowest BCUT2D eigenvalue weighted by atomic mass is 10.1. The van der Waals surface area contributed by atoms with Crippen LogP contribution in [0.2, 0.25) is 0 Å². The van der Waals surface area contributed by atoms with Crippen molar-refractivity contribution in [3.63, 3.8) is 0 Å². The number of nitro groups is 1. The molecule has 4 rings (SSSR count). The standard InChI is InChI=1S/C17H14N4O3/c22-17-19-9-8-18-16(19)14-10-13(21(23)24)6-7-15(14)20(17)11-12-4-2-1-3-5-12/h1-7,10H,8-9,11H2. The number of amides is 2. The van der Waals surface area contributed by atoms with Gasteiger partial charge in [-0.25, -0.2) is 4.79 Å². The third-order valence-corrected chi connectivity index (χ3v) is 4.21. The Hall–Kier alpha value is -3.22. The molecule has 0 aromatic heterocycles. The minimum atomic E-state index is -0.432. The van der Waals surface area contributed by atoms with Crippen molar-refractivity contribution in [2.45, 2.75) is 6.54 Å². The molecular weight excluding hydrogens is 308 g/mol. The largest absolute Gasteiger partial charge is 0.330 e. The van der Waals surface area contributed by atoms with Crippen molar-refractivity contribution < 1.29 is 9.72 Å². The summed E-state index contributed by atoms with van der Waals surface area (Å²) in [5.74, 6) is 0.531. The zero-order valence-corrected chi connectivity index (χ0v) is 12.8. The van der Waals surface area contributed by atoms with Gasteiger partial charge in [-0.1, -0.05) is 30.3 Å². The summed E-state index contributed by atoms with van der Waals surface area (Å²) >= 11 is 0. The van der Waals surface area contributed by atoms with Crippen LogP contribution in [-0.4, -0.2) is 34.8 Å². The van der Waals surface area contributed by atoms with Crippen LogP contribution >= 0.6 is 0 Å². The first-order chi connectivity index (χ1) is 11.6.